The number of anilines is 1. The molecule has 0 bridgehead atoms. The van der Waals surface area contributed by atoms with Gasteiger partial charge in [-0.1, -0.05) is 0 Å². The van der Waals surface area contributed by atoms with Crippen LogP contribution in [0.2, 0.25) is 0 Å². The van der Waals surface area contributed by atoms with E-state index in [0.717, 1.165) is 18.3 Å². The highest BCUT2D eigenvalue weighted by molar-refractivity contribution is 5.42. The van der Waals surface area contributed by atoms with Gasteiger partial charge in [0.15, 0.2) is 0 Å². The molecule has 19 heavy (non-hydrogen) atoms. The van der Waals surface area contributed by atoms with E-state index < -0.39 is 17.8 Å². The lowest BCUT2D eigenvalue weighted by atomic mass is 10.2. The molecule has 7 heteroatoms. The Hall–Kier alpha value is -1.34. The lowest BCUT2D eigenvalue weighted by Crippen LogP contribution is -2.48. The second kappa shape index (κ2) is 5.34. The first kappa shape index (κ1) is 14.1. The number of aromatic nitrogens is 1. The van der Waals surface area contributed by atoms with Gasteiger partial charge in [-0.2, -0.15) is 13.2 Å². The third-order valence-corrected chi connectivity index (χ3v) is 2.93. The summed E-state index contributed by atoms with van der Waals surface area (Å²) in [6.07, 6.45) is -3.81. The largest absolute Gasteiger partial charge is 0.416 e. The molecule has 2 unspecified atom stereocenters. The minimum atomic E-state index is -4.38. The van der Waals surface area contributed by atoms with Crippen molar-refractivity contribution in [2.45, 2.75) is 25.3 Å². The summed E-state index contributed by atoms with van der Waals surface area (Å²) in [5.74, 6) is 0.253. The van der Waals surface area contributed by atoms with Crippen LogP contribution in [-0.4, -0.2) is 42.0 Å². The molecule has 2 heterocycles. The standard InChI is InChI=1S/C12H15F3N2O2/c1-8-5-17(6-10(7-18)19-8)11-4-9(2-3-16-11)12(13,14)15/h2-4,8,10,18H,5-7H2,1H3. The molecule has 1 aliphatic rings. The Balaban J connectivity index is 2.21. The predicted molar refractivity (Wildman–Crippen MR) is 62.9 cm³/mol. The summed E-state index contributed by atoms with van der Waals surface area (Å²) in [6.45, 7) is 2.42. The van der Waals surface area contributed by atoms with Gasteiger partial charge in [-0.05, 0) is 19.1 Å². The van der Waals surface area contributed by atoms with Crippen molar-refractivity contribution in [3.8, 4) is 0 Å². The number of nitrogens with zero attached hydrogens (tertiary/aromatic N) is 2. The van der Waals surface area contributed by atoms with Crippen LogP contribution in [0.3, 0.4) is 0 Å². The van der Waals surface area contributed by atoms with Crippen molar-refractivity contribution < 1.29 is 23.0 Å². The van der Waals surface area contributed by atoms with E-state index in [1.165, 1.54) is 0 Å². The molecule has 106 valence electrons. The lowest BCUT2D eigenvalue weighted by Gasteiger charge is -2.36. The van der Waals surface area contributed by atoms with Gasteiger partial charge < -0.3 is 14.7 Å². The molecule has 0 radical (unpaired) electrons. The molecular weight excluding hydrogens is 261 g/mol. The monoisotopic (exact) mass is 276 g/mol. The van der Waals surface area contributed by atoms with Crippen molar-refractivity contribution >= 4 is 5.82 Å². The van der Waals surface area contributed by atoms with Gasteiger partial charge in [-0.3, -0.25) is 0 Å². The van der Waals surface area contributed by atoms with Gasteiger partial charge in [0.1, 0.15) is 5.82 Å². The number of rotatable bonds is 2. The maximum absolute atomic E-state index is 12.6. The molecule has 1 saturated heterocycles. The van der Waals surface area contributed by atoms with Crippen molar-refractivity contribution in [3.63, 3.8) is 0 Å². The van der Waals surface area contributed by atoms with Gasteiger partial charge in [0.05, 0.1) is 24.4 Å². The summed E-state index contributed by atoms with van der Waals surface area (Å²) < 4.78 is 43.4. The van der Waals surface area contributed by atoms with Crippen LogP contribution < -0.4 is 4.90 Å². The van der Waals surface area contributed by atoms with Gasteiger partial charge in [0.2, 0.25) is 0 Å². The van der Waals surface area contributed by atoms with E-state index in [1.807, 2.05) is 6.92 Å². The second-order valence-electron chi connectivity index (χ2n) is 4.56. The molecule has 0 saturated carbocycles. The minimum absolute atomic E-state index is 0.165. The van der Waals surface area contributed by atoms with Crippen LogP contribution in [0, 0.1) is 0 Å². The van der Waals surface area contributed by atoms with Crippen molar-refractivity contribution in [1.29, 1.82) is 0 Å². The van der Waals surface area contributed by atoms with E-state index in [4.69, 9.17) is 9.84 Å². The van der Waals surface area contributed by atoms with Crippen LogP contribution in [0.15, 0.2) is 18.3 Å². The maximum Gasteiger partial charge on any atom is 0.416 e. The van der Waals surface area contributed by atoms with Crippen molar-refractivity contribution in [2.24, 2.45) is 0 Å². The van der Waals surface area contributed by atoms with Gasteiger partial charge in [0.25, 0.3) is 0 Å². The Kier molecular flexibility index (Phi) is 3.96. The zero-order valence-corrected chi connectivity index (χ0v) is 10.4. The molecule has 2 atom stereocenters. The molecule has 1 N–H and O–H groups in total. The molecule has 1 aliphatic heterocycles. The Bertz CT molecular complexity index is 439. The molecule has 0 amide bonds. The number of aliphatic hydroxyl groups excluding tert-OH is 1. The number of alkyl halides is 3. The highest BCUT2D eigenvalue weighted by atomic mass is 19.4. The Morgan fingerprint density at radius 3 is 2.84 bits per heavy atom. The molecule has 0 spiro atoms. The second-order valence-corrected chi connectivity index (χ2v) is 4.56. The fraction of sp³-hybridized carbons (Fsp3) is 0.583. The number of morpholine rings is 1. The highest BCUT2D eigenvalue weighted by Gasteiger charge is 2.32. The van der Waals surface area contributed by atoms with E-state index in [2.05, 4.69) is 4.98 Å². The number of hydrogen-bond donors (Lipinski definition) is 1. The summed E-state index contributed by atoms with van der Waals surface area (Å²) in [6, 6.07) is 1.96. The molecule has 1 fully saturated rings. The first-order valence-electron chi connectivity index (χ1n) is 5.94. The topological polar surface area (TPSA) is 45.6 Å². The van der Waals surface area contributed by atoms with E-state index in [9.17, 15) is 13.2 Å². The molecule has 4 nitrogen and oxygen atoms in total. The normalized spacial score (nSPS) is 24.6. The third kappa shape index (κ3) is 3.36. The molecular formula is C12H15F3N2O2. The lowest BCUT2D eigenvalue weighted by molar-refractivity contribution is -0.137. The van der Waals surface area contributed by atoms with Crippen LogP contribution >= 0.6 is 0 Å². The summed E-state index contributed by atoms with van der Waals surface area (Å²) >= 11 is 0. The SMILES string of the molecule is CC1CN(c2cc(C(F)(F)F)ccn2)CC(CO)O1. The summed E-state index contributed by atoms with van der Waals surface area (Å²) in [4.78, 5) is 5.67. The fourth-order valence-corrected chi connectivity index (χ4v) is 2.10. The number of aliphatic hydroxyl groups is 1. The zero-order chi connectivity index (χ0) is 14.0. The van der Waals surface area contributed by atoms with Crippen LogP contribution in [0.5, 0.6) is 0 Å². The Morgan fingerprint density at radius 2 is 2.21 bits per heavy atom. The third-order valence-electron chi connectivity index (χ3n) is 2.93. The summed E-state index contributed by atoms with van der Waals surface area (Å²) in [7, 11) is 0. The minimum Gasteiger partial charge on any atom is -0.394 e. The number of hydrogen-bond acceptors (Lipinski definition) is 4. The molecule has 1 aromatic heterocycles. The van der Waals surface area contributed by atoms with Crippen molar-refractivity contribution in [3.05, 3.63) is 23.9 Å². The highest BCUT2D eigenvalue weighted by Crippen LogP contribution is 2.31. The van der Waals surface area contributed by atoms with E-state index in [0.29, 0.717) is 13.1 Å². The molecule has 0 aromatic carbocycles. The average Bonchev–Trinajstić information content (AvgIpc) is 2.37. The smallest absolute Gasteiger partial charge is 0.394 e. The van der Waals surface area contributed by atoms with Gasteiger partial charge >= 0.3 is 6.18 Å². The van der Waals surface area contributed by atoms with Crippen LogP contribution in [0.4, 0.5) is 19.0 Å². The van der Waals surface area contributed by atoms with Crippen LogP contribution in [0.25, 0.3) is 0 Å². The Morgan fingerprint density at radius 1 is 1.47 bits per heavy atom. The van der Waals surface area contributed by atoms with E-state index in [-0.39, 0.29) is 18.5 Å². The molecule has 0 aliphatic carbocycles. The first-order chi connectivity index (χ1) is 8.90. The van der Waals surface area contributed by atoms with Gasteiger partial charge in [-0.15, -0.1) is 0 Å². The van der Waals surface area contributed by atoms with Gasteiger partial charge in [-0.25, -0.2) is 4.98 Å². The zero-order valence-electron chi connectivity index (χ0n) is 10.4. The van der Waals surface area contributed by atoms with Crippen LogP contribution in [-0.2, 0) is 10.9 Å². The maximum atomic E-state index is 12.6. The number of pyridine rings is 1. The molecule has 1 aromatic rings. The number of halogens is 3. The van der Waals surface area contributed by atoms with Crippen molar-refractivity contribution in [2.75, 3.05) is 24.6 Å². The van der Waals surface area contributed by atoms with Crippen LogP contribution in [0.1, 0.15) is 12.5 Å². The summed E-state index contributed by atoms with van der Waals surface area (Å²) in [5, 5.41) is 9.11. The first-order valence-corrected chi connectivity index (χ1v) is 5.94. The average molecular weight is 276 g/mol. The quantitative estimate of drug-likeness (QED) is 0.893. The number of ether oxygens (including phenoxy) is 1. The van der Waals surface area contributed by atoms with E-state index >= 15 is 0 Å². The molecule has 2 rings (SSSR count). The van der Waals surface area contributed by atoms with Gasteiger partial charge in [0, 0.05) is 19.3 Å². The summed E-state index contributed by atoms with van der Waals surface area (Å²) in [5.41, 5.74) is -0.725. The fourth-order valence-electron chi connectivity index (χ4n) is 2.10. The Labute approximate surface area is 108 Å². The predicted octanol–water partition coefficient (Wildman–Crippen LogP) is 1.69. The van der Waals surface area contributed by atoms with Crippen molar-refractivity contribution in [1.82, 2.24) is 4.98 Å². The van der Waals surface area contributed by atoms with E-state index in [1.54, 1.807) is 4.90 Å².